The summed E-state index contributed by atoms with van der Waals surface area (Å²) in [6, 6.07) is 16.4. The van der Waals surface area contributed by atoms with Crippen LogP contribution in [0.25, 0.3) is 0 Å². The van der Waals surface area contributed by atoms with Gasteiger partial charge in [0.1, 0.15) is 12.3 Å². The highest BCUT2D eigenvalue weighted by molar-refractivity contribution is 5.77. The second-order valence-corrected chi connectivity index (χ2v) is 6.52. The lowest BCUT2D eigenvalue weighted by atomic mass is 9.89. The molecule has 132 valence electrons. The van der Waals surface area contributed by atoms with E-state index in [1.807, 2.05) is 46.0 Å². The molecule has 1 amide bonds. The van der Waals surface area contributed by atoms with Gasteiger partial charge in [0.05, 0.1) is 19.5 Å². The number of rotatable bonds is 4. The Bertz CT molecular complexity index is 891. The number of carbonyl (C=O) groups excluding carboxylic acids is 1. The largest absolute Gasteiger partial charge is 0.497 e. The Kier molecular flexibility index (Phi) is 4.44. The van der Waals surface area contributed by atoms with Crippen LogP contribution >= 0.6 is 0 Å². The summed E-state index contributed by atoms with van der Waals surface area (Å²) in [4.78, 5) is 19.1. The highest BCUT2D eigenvalue weighted by Crippen LogP contribution is 2.35. The molecule has 1 atom stereocenters. The average Bonchev–Trinajstić information content (AvgIpc) is 3.20. The van der Waals surface area contributed by atoms with Gasteiger partial charge in [-0.3, -0.25) is 4.79 Å². The van der Waals surface area contributed by atoms with Gasteiger partial charge in [0.2, 0.25) is 5.91 Å². The smallest absolute Gasteiger partial charge is 0.243 e. The van der Waals surface area contributed by atoms with Crippen molar-refractivity contribution in [1.82, 2.24) is 14.5 Å². The quantitative estimate of drug-likeness (QED) is 0.728. The first-order valence-corrected chi connectivity index (χ1v) is 8.70. The Hall–Kier alpha value is -3.08. The molecule has 0 N–H and O–H groups in total. The van der Waals surface area contributed by atoms with Gasteiger partial charge in [0.25, 0.3) is 0 Å². The van der Waals surface area contributed by atoms with Crippen LogP contribution in [0.4, 0.5) is 0 Å². The standard InChI is InChI=1S/C21H21N3O2/c1-26-19-8-7-17-12-20(16-5-3-2-4-6-16)24(13-18(17)11-19)21(25)14-23-10-9-22-15-23/h2-11,15,20H,12-14H2,1H3/t20-/m1/s1. The van der Waals surface area contributed by atoms with E-state index in [0.29, 0.717) is 13.1 Å². The lowest BCUT2D eigenvalue weighted by Crippen LogP contribution is -2.40. The third-order valence-corrected chi connectivity index (χ3v) is 4.93. The van der Waals surface area contributed by atoms with Gasteiger partial charge in [-0.15, -0.1) is 0 Å². The van der Waals surface area contributed by atoms with Crippen LogP contribution in [0.5, 0.6) is 5.75 Å². The zero-order chi connectivity index (χ0) is 17.9. The van der Waals surface area contributed by atoms with Crippen LogP contribution in [-0.4, -0.2) is 27.5 Å². The highest BCUT2D eigenvalue weighted by Gasteiger charge is 2.31. The number of nitrogens with zero attached hydrogens (tertiary/aromatic N) is 3. The van der Waals surface area contributed by atoms with Crippen molar-refractivity contribution in [3.63, 3.8) is 0 Å². The van der Waals surface area contributed by atoms with Crippen molar-refractivity contribution in [2.45, 2.75) is 25.6 Å². The second-order valence-electron chi connectivity index (χ2n) is 6.52. The van der Waals surface area contributed by atoms with Gasteiger partial charge >= 0.3 is 0 Å². The number of ether oxygens (including phenoxy) is 1. The predicted molar refractivity (Wildman–Crippen MR) is 98.7 cm³/mol. The number of hydrogen-bond donors (Lipinski definition) is 0. The summed E-state index contributed by atoms with van der Waals surface area (Å²) >= 11 is 0. The minimum absolute atomic E-state index is 0.0353. The first kappa shape index (κ1) is 16.4. The van der Waals surface area contributed by atoms with Crippen molar-refractivity contribution in [2.24, 2.45) is 0 Å². The third-order valence-electron chi connectivity index (χ3n) is 4.93. The summed E-state index contributed by atoms with van der Waals surface area (Å²) in [5.41, 5.74) is 3.58. The van der Waals surface area contributed by atoms with E-state index < -0.39 is 0 Å². The third kappa shape index (κ3) is 3.20. The molecule has 0 unspecified atom stereocenters. The molecule has 4 rings (SSSR count). The minimum atomic E-state index is 0.0353. The zero-order valence-electron chi connectivity index (χ0n) is 14.7. The van der Waals surface area contributed by atoms with Crippen LogP contribution in [0, 0.1) is 0 Å². The molecule has 2 heterocycles. The average molecular weight is 347 g/mol. The summed E-state index contributed by atoms with van der Waals surface area (Å²) in [6.07, 6.45) is 5.99. The molecule has 1 aliphatic heterocycles. The first-order valence-electron chi connectivity index (χ1n) is 8.70. The molecule has 0 saturated heterocycles. The fourth-order valence-electron chi connectivity index (χ4n) is 3.55. The second kappa shape index (κ2) is 7.04. The van der Waals surface area contributed by atoms with Gasteiger partial charge in [-0.25, -0.2) is 4.98 Å². The summed E-state index contributed by atoms with van der Waals surface area (Å²) in [5.74, 6) is 0.911. The number of benzene rings is 2. The molecule has 3 aromatic rings. The molecular formula is C21H21N3O2. The van der Waals surface area contributed by atoms with Crippen LogP contribution in [0.15, 0.2) is 67.3 Å². The summed E-state index contributed by atoms with van der Waals surface area (Å²) in [6.45, 7) is 0.877. The van der Waals surface area contributed by atoms with E-state index in [-0.39, 0.29) is 11.9 Å². The van der Waals surface area contributed by atoms with Crippen molar-refractivity contribution in [3.05, 3.63) is 83.9 Å². The summed E-state index contributed by atoms with van der Waals surface area (Å²) < 4.78 is 7.17. The van der Waals surface area contributed by atoms with Crippen molar-refractivity contribution in [2.75, 3.05) is 7.11 Å². The van der Waals surface area contributed by atoms with E-state index in [1.54, 1.807) is 19.6 Å². The number of carbonyl (C=O) groups is 1. The Labute approximate surface area is 152 Å². The van der Waals surface area contributed by atoms with Crippen LogP contribution in [0.2, 0.25) is 0 Å². The van der Waals surface area contributed by atoms with E-state index in [1.165, 1.54) is 5.56 Å². The molecule has 2 aromatic carbocycles. The lowest BCUT2D eigenvalue weighted by Gasteiger charge is -2.37. The van der Waals surface area contributed by atoms with Crippen LogP contribution in [0.1, 0.15) is 22.7 Å². The molecule has 0 radical (unpaired) electrons. The van der Waals surface area contributed by atoms with Crippen LogP contribution in [-0.2, 0) is 24.3 Å². The van der Waals surface area contributed by atoms with Crippen molar-refractivity contribution in [3.8, 4) is 5.75 Å². The van der Waals surface area contributed by atoms with Crippen molar-refractivity contribution >= 4 is 5.91 Å². The van der Waals surface area contributed by atoms with E-state index in [9.17, 15) is 4.79 Å². The Morgan fingerprint density at radius 1 is 1.19 bits per heavy atom. The molecule has 0 bridgehead atoms. The Morgan fingerprint density at radius 2 is 2.04 bits per heavy atom. The Morgan fingerprint density at radius 3 is 2.77 bits per heavy atom. The van der Waals surface area contributed by atoms with Crippen molar-refractivity contribution < 1.29 is 9.53 Å². The minimum Gasteiger partial charge on any atom is -0.497 e. The number of imidazole rings is 1. The molecule has 0 saturated carbocycles. The summed E-state index contributed by atoms with van der Waals surface area (Å²) in [5, 5.41) is 0. The van der Waals surface area contributed by atoms with Gasteiger partial charge in [0.15, 0.2) is 0 Å². The molecule has 0 aliphatic carbocycles. The number of methoxy groups -OCH3 is 1. The maximum atomic E-state index is 13.1. The van der Waals surface area contributed by atoms with Crippen LogP contribution in [0.3, 0.4) is 0 Å². The molecule has 0 fully saturated rings. The van der Waals surface area contributed by atoms with E-state index in [4.69, 9.17) is 4.74 Å². The molecular weight excluding hydrogens is 326 g/mol. The molecule has 1 aromatic heterocycles. The maximum Gasteiger partial charge on any atom is 0.243 e. The lowest BCUT2D eigenvalue weighted by molar-refractivity contribution is -0.135. The highest BCUT2D eigenvalue weighted by atomic mass is 16.5. The van der Waals surface area contributed by atoms with E-state index in [0.717, 1.165) is 23.3 Å². The van der Waals surface area contributed by atoms with Gasteiger partial charge < -0.3 is 14.2 Å². The maximum absolute atomic E-state index is 13.1. The molecule has 5 nitrogen and oxygen atoms in total. The fourth-order valence-corrected chi connectivity index (χ4v) is 3.55. The number of amides is 1. The number of aromatic nitrogens is 2. The number of fused-ring (bicyclic) bond motifs is 1. The van der Waals surface area contributed by atoms with Gasteiger partial charge in [-0.2, -0.15) is 0 Å². The van der Waals surface area contributed by atoms with Gasteiger partial charge in [0, 0.05) is 18.9 Å². The van der Waals surface area contributed by atoms with Crippen LogP contribution < -0.4 is 4.74 Å². The first-order chi connectivity index (χ1) is 12.7. The topological polar surface area (TPSA) is 47.4 Å². The number of hydrogen-bond acceptors (Lipinski definition) is 3. The molecule has 26 heavy (non-hydrogen) atoms. The van der Waals surface area contributed by atoms with Gasteiger partial charge in [-0.05, 0) is 35.2 Å². The Balaban J connectivity index is 1.68. The molecule has 5 heteroatoms. The normalized spacial score (nSPS) is 16.2. The fraction of sp³-hybridized carbons (Fsp3) is 0.238. The van der Waals surface area contributed by atoms with Gasteiger partial charge in [-0.1, -0.05) is 36.4 Å². The molecule has 1 aliphatic rings. The van der Waals surface area contributed by atoms with E-state index >= 15 is 0 Å². The predicted octanol–water partition coefficient (Wildman–Crippen LogP) is 3.22. The van der Waals surface area contributed by atoms with Crippen molar-refractivity contribution in [1.29, 1.82) is 0 Å². The molecule has 0 spiro atoms. The monoisotopic (exact) mass is 347 g/mol. The summed E-state index contributed by atoms with van der Waals surface area (Å²) in [7, 11) is 1.67. The SMILES string of the molecule is COc1ccc2c(c1)CN(C(=O)Cn1ccnc1)[C@@H](c1ccccc1)C2. The van der Waals surface area contributed by atoms with E-state index in [2.05, 4.69) is 23.2 Å². The zero-order valence-corrected chi connectivity index (χ0v) is 14.7.